The van der Waals surface area contributed by atoms with Crippen LogP contribution in [-0.4, -0.2) is 9.97 Å². The average molecular weight is 261 g/mol. The lowest BCUT2D eigenvalue weighted by atomic mass is 10.2. The summed E-state index contributed by atoms with van der Waals surface area (Å²) in [5.41, 5.74) is 1.14. The van der Waals surface area contributed by atoms with Crippen molar-refractivity contribution < 1.29 is 0 Å². The third kappa shape index (κ3) is 2.46. The molecule has 2 aromatic heterocycles. The lowest BCUT2D eigenvalue weighted by Crippen LogP contribution is -2.15. The quantitative estimate of drug-likeness (QED) is 0.889. The summed E-state index contributed by atoms with van der Waals surface area (Å²) in [6.45, 7) is 2.07. The molecule has 1 aliphatic carbocycles. The Morgan fingerprint density at radius 2 is 2.39 bits per heavy atom. The first-order valence-electron chi connectivity index (χ1n) is 6.12. The Labute approximate surface area is 109 Å². The Hall–Kier alpha value is -1.62. The van der Waals surface area contributed by atoms with Crippen molar-refractivity contribution in [1.82, 2.24) is 9.97 Å². The van der Waals surface area contributed by atoms with Gasteiger partial charge in [0, 0.05) is 12.0 Å². The third-order valence-electron chi connectivity index (χ3n) is 3.13. The fourth-order valence-corrected chi connectivity index (χ4v) is 2.68. The molecule has 94 valence electrons. The predicted octanol–water partition coefficient (Wildman–Crippen LogP) is 2.88. The maximum Gasteiger partial charge on any atom is 0.252 e. The van der Waals surface area contributed by atoms with Crippen molar-refractivity contribution in [1.29, 1.82) is 0 Å². The normalized spacial score (nSPS) is 16.5. The molecule has 1 aliphatic rings. The molecule has 3 rings (SSSR count). The molecular formula is C13H15N3OS. The number of nitrogens with one attached hydrogen (secondary N) is 2. The van der Waals surface area contributed by atoms with Crippen LogP contribution in [0.1, 0.15) is 43.1 Å². The minimum absolute atomic E-state index is 0.0769. The van der Waals surface area contributed by atoms with E-state index in [2.05, 4.69) is 33.7 Å². The van der Waals surface area contributed by atoms with Gasteiger partial charge < -0.3 is 10.3 Å². The van der Waals surface area contributed by atoms with Crippen LogP contribution in [0.2, 0.25) is 0 Å². The molecule has 18 heavy (non-hydrogen) atoms. The van der Waals surface area contributed by atoms with E-state index in [9.17, 15) is 4.79 Å². The van der Waals surface area contributed by atoms with Crippen LogP contribution in [0.15, 0.2) is 27.7 Å². The average Bonchev–Trinajstić information content (AvgIpc) is 3.03. The lowest BCUT2D eigenvalue weighted by Gasteiger charge is -2.13. The molecule has 0 bridgehead atoms. The van der Waals surface area contributed by atoms with Crippen LogP contribution in [0.4, 0.5) is 5.82 Å². The molecule has 1 fully saturated rings. The van der Waals surface area contributed by atoms with E-state index in [1.807, 2.05) is 5.38 Å². The zero-order valence-electron chi connectivity index (χ0n) is 10.1. The second-order valence-corrected chi connectivity index (χ2v) is 5.49. The maximum absolute atomic E-state index is 11.6. The maximum atomic E-state index is 11.6. The van der Waals surface area contributed by atoms with Gasteiger partial charge in [-0.15, -0.1) is 0 Å². The number of thiophene rings is 1. The van der Waals surface area contributed by atoms with Crippen LogP contribution in [-0.2, 0) is 0 Å². The van der Waals surface area contributed by atoms with Crippen LogP contribution >= 0.6 is 11.3 Å². The third-order valence-corrected chi connectivity index (χ3v) is 3.83. The zero-order chi connectivity index (χ0) is 12.5. The molecule has 1 saturated carbocycles. The second kappa shape index (κ2) is 4.57. The van der Waals surface area contributed by atoms with Gasteiger partial charge in [-0.1, -0.05) is 0 Å². The SMILES string of the molecule is CC(Nc1cc(=O)[nH]c(C2CC2)n1)c1ccsc1. The molecule has 4 nitrogen and oxygen atoms in total. The summed E-state index contributed by atoms with van der Waals surface area (Å²) in [5, 5.41) is 7.44. The van der Waals surface area contributed by atoms with Gasteiger partial charge >= 0.3 is 0 Å². The zero-order valence-corrected chi connectivity index (χ0v) is 11.0. The van der Waals surface area contributed by atoms with Gasteiger partial charge in [-0.05, 0) is 42.2 Å². The summed E-state index contributed by atoms with van der Waals surface area (Å²) in [7, 11) is 0. The van der Waals surface area contributed by atoms with Crippen LogP contribution < -0.4 is 10.9 Å². The van der Waals surface area contributed by atoms with Gasteiger partial charge in [0.2, 0.25) is 0 Å². The predicted molar refractivity (Wildman–Crippen MR) is 73.2 cm³/mol. The number of nitrogens with zero attached hydrogens (tertiary/aromatic N) is 1. The number of anilines is 1. The van der Waals surface area contributed by atoms with Crippen molar-refractivity contribution in [2.24, 2.45) is 0 Å². The Balaban J connectivity index is 1.81. The first-order chi connectivity index (χ1) is 8.72. The highest BCUT2D eigenvalue weighted by Gasteiger charge is 2.26. The van der Waals surface area contributed by atoms with E-state index < -0.39 is 0 Å². The van der Waals surface area contributed by atoms with Crippen molar-refractivity contribution in [3.05, 3.63) is 44.6 Å². The number of hydrogen-bond donors (Lipinski definition) is 2. The summed E-state index contributed by atoms with van der Waals surface area (Å²) in [4.78, 5) is 18.9. The van der Waals surface area contributed by atoms with Gasteiger partial charge in [0.15, 0.2) is 0 Å². The Morgan fingerprint density at radius 1 is 1.56 bits per heavy atom. The molecule has 5 heteroatoms. The van der Waals surface area contributed by atoms with Crippen LogP contribution in [0.5, 0.6) is 0 Å². The van der Waals surface area contributed by atoms with Crippen molar-refractivity contribution >= 4 is 17.2 Å². The van der Waals surface area contributed by atoms with Crippen molar-refractivity contribution in [3.63, 3.8) is 0 Å². The number of aromatic amines is 1. The molecule has 2 aromatic rings. The Kier molecular flexibility index (Phi) is 2.91. The van der Waals surface area contributed by atoms with E-state index in [-0.39, 0.29) is 11.6 Å². The Bertz CT molecular complexity index is 587. The van der Waals surface area contributed by atoms with Gasteiger partial charge in [-0.3, -0.25) is 4.79 Å². The van der Waals surface area contributed by atoms with Gasteiger partial charge in [0.1, 0.15) is 11.6 Å². The molecular weight excluding hydrogens is 246 g/mol. The highest BCUT2D eigenvalue weighted by atomic mass is 32.1. The monoisotopic (exact) mass is 261 g/mol. The van der Waals surface area contributed by atoms with Crippen molar-refractivity contribution in [2.75, 3.05) is 5.32 Å². The van der Waals surface area contributed by atoms with Crippen molar-refractivity contribution in [2.45, 2.75) is 31.7 Å². The molecule has 0 aliphatic heterocycles. The summed E-state index contributed by atoms with van der Waals surface area (Å²) < 4.78 is 0. The number of H-pyrrole nitrogens is 1. The molecule has 0 aromatic carbocycles. The number of rotatable bonds is 4. The van der Waals surface area contributed by atoms with Gasteiger partial charge in [0.25, 0.3) is 5.56 Å². The van der Waals surface area contributed by atoms with Gasteiger partial charge in [-0.2, -0.15) is 11.3 Å². The summed E-state index contributed by atoms with van der Waals surface area (Å²) >= 11 is 1.67. The number of hydrogen-bond acceptors (Lipinski definition) is 4. The molecule has 0 amide bonds. The van der Waals surface area contributed by atoms with Gasteiger partial charge in [0.05, 0.1) is 6.04 Å². The van der Waals surface area contributed by atoms with E-state index in [4.69, 9.17) is 0 Å². The fraction of sp³-hybridized carbons (Fsp3) is 0.385. The van der Waals surface area contributed by atoms with Gasteiger partial charge in [-0.25, -0.2) is 4.98 Å². The van der Waals surface area contributed by atoms with E-state index in [0.717, 1.165) is 18.7 Å². The lowest BCUT2D eigenvalue weighted by molar-refractivity contribution is 0.851. The summed E-state index contributed by atoms with van der Waals surface area (Å²) in [6, 6.07) is 3.77. The first-order valence-corrected chi connectivity index (χ1v) is 7.06. The second-order valence-electron chi connectivity index (χ2n) is 4.71. The molecule has 0 spiro atoms. The van der Waals surface area contributed by atoms with Crippen LogP contribution in [0.3, 0.4) is 0 Å². The highest BCUT2D eigenvalue weighted by Crippen LogP contribution is 2.37. The Morgan fingerprint density at radius 3 is 3.06 bits per heavy atom. The standard InChI is InChI=1S/C13H15N3OS/c1-8(10-4-5-18-7-10)14-11-6-12(17)16-13(15-11)9-2-3-9/h4-9H,2-3H2,1H3,(H2,14,15,16,17). The molecule has 0 radical (unpaired) electrons. The van der Waals surface area contributed by atoms with Crippen LogP contribution in [0.25, 0.3) is 0 Å². The minimum Gasteiger partial charge on any atom is -0.363 e. The highest BCUT2D eigenvalue weighted by molar-refractivity contribution is 7.07. The first kappa shape index (κ1) is 11.5. The molecule has 0 saturated heterocycles. The minimum atomic E-state index is -0.0769. The largest absolute Gasteiger partial charge is 0.363 e. The summed E-state index contributed by atoms with van der Waals surface area (Å²) in [6.07, 6.45) is 2.26. The number of aromatic nitrogens is 2. The van der Waals surface area contributed by atoms with E-state index >= 15 is 0 Å². The van der Waals surface area contributed by atoms with E-state index in [0.29, 0.717) is 11.7 Å². The fourth-order valence-electron chi connectivity index (χ4n) is 1.93. The molecule has 1 atom stereocenters. The summed E-state index contributed by atoms with van der Waals surface area (Å²) in [5.74, 6) is 1.94. The van der Waals surface area contributed by atoms with Crippen molar-refractivity contribution in [3.8, 4) is 0 Å². The molecule has 1 unspecified atom stereocenters. The topological polar surface area (TPSA) is 57.8 Å². The van der Waals surface area contributed by atoms with Crippen LogP contribution in [0, 0.1) is 0 Å². The van der Waals surface area contributed by atoms with E-state index in [1.165, 1.54) is 11.6 Å². The molecule has 2 N–H and O–H groups in total. The smallest absolute Gasteiger partial charge is 0.252 e. The van der Waals surface area contributed by atoms with E-state index in [1.54, 1.807) is 11.3 Å². The molecule has 2 heterocycles.